The highest BCUT2D eigenvalue weighted by Crippen LogP contribution is 2.06. The van der Waals surface area contributed by atoms with Gasteiger partial charge in [-0.2, -0.15) is 5.10 Å². The zero-order valence-electron chi connectivity index (χ0n) is 11.8. The molecule has 0 saturated heterocycles. The van der Waals surface area contributed by atoms with E-state index < -0.39 is 24.1 Å². The van der Waals surface area contributed by atoms with Gasteiger partial charge in [-0.3, -0.25) is 4.68 Å². The van der Waals surface area contributed by atoms with Crippen molar-refractivity contribution < 1.29 is 19.8 Å². The minimum atomic E-state index is -1.34. The molecular weight excluding hydrogens is 264 g/mol. The molecule has 0 saturated carbocycles. The number of rotatable bonds is 6. The van der Waals surface area contributed by atoms with Crippen molar-refractivity contribution in [1.82, 2.24) is 20.4 Å². The normalized spacial score (nSPS) is 13.6. The molecule has 0 unspecified atom stereocenters. The van der Waals surface area contributed by atoms with E-state index in [2.05, 4.69) is 15.7 Å². The lowest BCUT2D eigenvalue weighted by molar-refractivity contribution is -0.141. The molecule has 8 nitrogen and oxygen atoms in total. The molecule has 0 radical (unpaired) electrons. The number of carbonyl (C=O) groups is 2. The number of aliphatic carboxylic acids is 1. The van der Waals surface area contributed by atoms with E-state index in [-0.39, 0.29) is 6.54 Å². The van der Waals surface area contributed by atoms with Crippen molar-refractivity contribution in [2.45, 2.75) is 39.0 Å². The summed E-state index contributed by atoms with van der Waals surface area (Å²) in [5.74, 6) is -1.29. The number of hydrogen-bond acceptors (Lipinski definition) is 4. The summed E-state index contributed by atoms with van der Waals surface area (Å²) in [4.78, 5) is 22.5. The van der Waals surface area contributed by atoms with Crippen LogP contribution in [-0.4, -0.2) is 44.1 Å². The molecule has 8 heteroatoms. The molecule has 1 aromatic heterocycles. The van der Waals surface area contributed by atoms with E-state index in [1.807, 2.05) is 6.92 Å². The maximum atomic E-state index is 11.6. The molecule has 0 aromatic carbocycles. The summed E-state index contributed by atoms with van der Waals surface area (Å²) in [5.41, 5.74) is 1.74. The number of carboxylic acids is 1. The number of hydrogen-bond donors (Lipinski definition) is 4. The Balaban J connectivity index is 2.56. The Kier molecular flexibility index (Phi) is 5.51. The Hall–Kier alpha value is -2.09. The zero-order valence-corrected chi connectivity index (χ0v) is 11.8. The van der Waals surface area contributed by atoms with Gasteiger partial charge in [0.1, 0.15) is 0 Å². The van der Waals surface area contributed by atoms with E-state index in [1.54, 1.807) is 17.9 Å². The first kappa shape index (κ1) is 16.0. The molecule has 0 bridgehead atoms. The number of nitrogens with zero attached hydrogens (tertiary/aromatic N) is 2. The van der Waals surface area contributed by atoms with Crippen LogP contribution >= 0.6 is 0 Å². The monoisotopic (exact) mass is 284 g/mol. The Morgan fingerprint density at radius 2 is 2.15 bits per heavy atom. The SMILES string of the molecule is CCc1nn(C)cc1CNC(=O)N[C@H](C(=O)O)[C@@H](C)O. The first-order valence-corrected chi connectivity index (χ1v) is 6.31. The molecule has 0 fully saturated rings. The lowest BCUT2D eigenvalue weighted by Gasteiger charge is -2.17. The van der Waals surface area contributed by atoms with Crippen molar-refractivity contribution in [2.24, 2.45) is 7.05 Å². The maximum Gasteiger partial charge on any atom is 0.328 e. The number of aryl methyl sites for hydroxylation is 2. The molecule has 20 heavy (non-hydrogen) atoms. The van der Waals surface area contributed by atoms with Crippen LogP contribution in [0.15, 0.2) is 6.20 Å². The van der Waals surface area contributed by atoms with Crippen molar-refractivity contribution >= 4 is 12.0 Å². The molecule has 1 aromatic rings. The Labute approximate surface area is 116 Å². The molecule has 112 valence electrons. The van der Waals surface area contributed by atoms with Gasteiger partial charge in [-0.05, 0) is 13.3 Å². The highest BCUT2D eigenvalue weighted by molar-refractivity contribution is 5.82. The van der Waals surface area contributed by atoms with Crippen molar-refractivity contribution in [3.8, 4) is 0 Å². The Morgan fingerprint density at radius 3 is 2.65 bits per heavy atom. The van der Waals surface area contributed by atoms with E-state index in [4.69, 9.17) is 5.11 Å². The number of amides is 2. The zero-order chi connectivity index (χ0) is 15.3. The molecule has 4 N–H and O–H groups in total. The fourth-order valence-electron chi connectivity index (χ4n) is 1.79. The topological polar surface area (TPSA) is 116 Å². The average Bonchev–Trinajstić information content (AvgIpc) is 2.73. The minimum Gasteiger partial charge on any atom is -0.480 e. The summed E-state index contributed by atoms with van der Waals surface area (Å²) < 4.78 is 1.66. The van der Waals surface area contributed by atoms with Gasteiger partial charge >= 0.3 is 12.0 Å². The molecule has 0 aliphatic heterocycles. The van der Waals surface area contributed by atoms with Gasteiger partial charge in [0, 0.05) is 25.4 Å². The van der Waals surface area contributed by atoms with E-state index in [9.17, 15) is 14.7 Å². The van der Waals surface area contributed by atoms with Gasteiger partial charge in [0.05, 0.1) is 11.8 Å². The highest BCUT2D eigenvalue weighted by atomic mass is 16.4. The standard InChI is InChI=1S/C12H20N4O4/c1-4-9-8(6-16(3)15-9)5-13-12(20)14-10(7(2)17)11(18)19/h6-7,10,17H,4-5H2,1-3H3,(H,18,19)(H2,13,14,20)/t7-,10+/m1/s1. The second-order valence-corrected chi connectivity index (χ2v) is 4.51. The van der Waals surface area contributed by atoms with Crippen molar-refractivity contribution in [3.63, 3.8) is 0 Å². The van der Waals surface area contributed by atoms with Crippen LogP contribution in [0.2, 0.25) is 0 Å². The summed E-state index contributed by atoms with van der Waals surface area (Å²) in [6.07, 6.45) is 1.36. The number of aliphatic hydroxyl groups excluding tert-OH is 1. The fourth-order valence-corrected chi connectivity index (χ4v) is 1.79. The van der Waals surface area contributed by atoms with Gasteiger partial charge in [-0.25, -0.2) is 9.59 Å². The number of nitrogens with one attached hydrogen (secondary N) is 2. The summed E-state index contributed by atoms with van der Waals surface area (Å²) in [5, 5.41) is 27.1. The maximum absolute atomic E-state index is 11.6. The van der Waals surface area contributed by atoms with E-state index >= 15 is 0 Å². The highest BCUT2D eigenvalue weighted by Gasteiger charge is 2.24. The van der Waals surface area contributed by atoms with Gasteiger partial charge in [-0.15, -0.1) is 0 Å². The van der Waals surface area contributed by atoms with E-state index in [0.717, 1.165) is 17.7 Å². The average molecular weight is 284 g/mol. The van der Waals surface area contributed by atoms with Gasteiger partial charge in [0.2, 0.25) is 0 Å². The molecule has 1 rings (SSSR count). The van der Waals surface area contributed by atoms with Gasteiger partial charge in [0.15, 0.2) is 6.04 Å². The molecule has 2 amide bonds. The summed E-state index contributed by atoms with van der Waals surface area (Å²) >= 11 is 0. The van der Waals surface area contributed by atoms with Crippen molar-refractivity contribution in [3.05, 3.63) is 17.5 Å². The van der Waals surface area contributed by atoms with Crippen molar-refractivity contribution in [2.75, 3.05) is 0 Å². The molecule has 1 heterocycles. The smallest absolute Gasteiger partial charge is 0.328 e. The second-order valence-electron chi connectivity index (χ2n) is 4.51. The first-order valence-electron chi connectivity index (χ1n) is 6.31. The molecule has 0 aliphatic rings. The Bertz CT molecular complexity index is 484. The number of aromatic nitrogens is 2. The molecule has 0 aliphatic carbocycles. The third-order valence-corrected chi connectivity index (χ3v) is 2.80. The third-order valence-electron chi connectivity index (χ3n) is 2.80. The van der Waals surface area contributed by atoms with Crippen LogP contribution in [0, 0.1) is 0 Å². The summed E-state index contributed by atoms with van der Waals surface area (Å²) in [6.45, 7) is 3.50. The lowest BCUT2D eigenvalue weighted by atomic mass is 10.2. The molecular formula is C12H20N4O4. The molecule has 2 atom stereocenters. The predicted molar refractivity (Wildman–Crippen MR) is 71.1 cm³/mol. The van der Waals surface area contributed by atoms with Crippen LogP contribution in [0.4, 0.5) is 4.79 Å². The largest absolute Gasteiger partial charge is 0.480 e. The number of carboxylic acid groups (broad SMARTS) is 1. The third kappa shape index (κ3) is 4.23. The molecule has 0 spiro atoms. The number of urea groups is 1. The van der Waals surface area contributed by atoms with Crippen LogP contribution in [-0.2, 0) is 24.8 Å². The van der Waals surface area contributed by atoms with Crippen LogP contribution in [0.25, 0.3) is 0 Å². The van der Waals surface area contributed by atoms with E-state index in [0.29, 0.717) is 0 Å². The summed E-state index contributed by atoms with van der Waals surface area (Å²) in [7, 11) is 1.79. The van der Waals surface area contributed by atoms with Gasteiger partial charge in [-0.1, -0.05) is 6.92 Å². The minimum absolute atomic E-state index is 0.245. The number of aliphatic hydroxyl groups is 1. The van der Waals surface area contributed by atoms with Crippen LogP contribution in [0.3, 0.4) is 0 Å². The van der Waals surface area contributed by atoms with Crippen LogP contribution in [0.5, 0.6) is 0 Å². The second kappa shape index (κ2) is 6.90. The quantitative estimate of drug-likeness (QED) is 0.568. The summed E-state index contributed by atoms with van der Waals surface area (Å²) in [6, 6.07) is -1.99. The van der Waals surface area contributed by atoms with Gasteiger partial charge in [0.25, 0.3) is 0 Å². The fraction of sp³-hybridized carbons (Fsp3) is 0.583. The lowest BCUT2D eigenvalue weighted by Crippen LogP contribution is -2.51. The predicted octanol–water partition coefficient (Wildman–Crippen LogP) is -0.384. The van der Waals surface area contributed by atoms with Gasteiger partial charge < -0.3 is 20.8 Å². The first-order chi connectivity index (χ1) is 9.35. The van der Waals surface area contributed by atoms with Crippen LogP contribution in [0.1, 0.15) is 25.1 Å². The Morgan fingerprint density at radius 1 is 1.50 bits per heavy atom. The number of carbonyl (C=O) groups excluding carboxylic acids is 1. The van der Waals surface area contributed by atoms with Crippen LogP contribution < -0.4 is 10.6 Å². The van der Waals surface area contributed by atoms with E-state index in [1.165, 1.54) is 6.92 Å². The van der Waals surface area contributed by atoms with Crippen molar-refractivity contribution in [1.29, 1.82) is 0 Å².